The van der Waals surface area contributed by atoms with E-state index in [1.165, 1.54) is 13.3 Å². The molecule has 1 aromatic heterocycles. The maximum Gasteiger partial charge on any atom is 0.241 e. The minimum atomic E-state index is -3.91. The summed E-state index contributed by atoms with van der Waals surface area (Å²) in [5.74, 6) is -0.673. The first kappa shape index (κ1) is 22.4. The number of ether oxygens (including phenoxy) is 3. The van der Waals surface area contributed by atoms with Crippen molar-refractivity contribution in [2.45, 2.75) is 20.0 Å². The van der Waals surface area contributed by atoms with Crippen molar-refractivity contribution in [2.24, 2.45) is 0 Å². The summed E-state index contributed by atoms with van der Waals surface area (Å²) in [6, 6.07) is 9.60. The van der Waals surface area contributed by atoms with Crippen molar-refractivity contribution in [2.75, 3.05) is 36.1 Å². The van der Waals surface area contributed by atoms with Crippen LogP contribution in [0.15, 0.2) is 42.6 Å². The van der Waals surface area contributed by atoms with Crippen LogP contribution in [-0.2, 0) is 19.6 Å². The molecule has 0 aliphatic carbocycles. The van der Waals surface area contributed by atoms with Crippen LogP contribution in [0.4, 0.5) is 11.4 Å². The van der Waals surface area contributed by atoms with Crippen LogP contribution in [0.2, 0.25) is 0 Å². The number of hydrogen-bond acceptors (Lipinski definition) is 7. The summed E-state index contributed by atoms with van der Waals surface area (Å²) in [6.45, 7) is 4.38. The Labute approximate surface area is 170 Å². The van der Waals surface area contributed by atoms with Crippen LogP contribution < -0.4 is 19.5 Å². The average Bonchev–Trinajstić information content (AvgIpc) is 2.64. The zero-order chi connectivity index (χ0) is 21.3. The van der Waals surface area contributed by atoms with Gasteiger partial charge in [-0.3, -0.25) is 9.52 Å². The summed E-state index contributed by atoms with van der Waals surface area (Å²) in [4.78, 5) is 16.2. The minimum absolute atomic E-state index is 0.0112. The summed E-state index contributed by atoms with van der Waals surface area (Å²) < 4.78 is 42.8. The topological polar surface area (TPSA) is 116 Å². The summed E-state index contributed by atoms with van der Waals surface area (Å²) in [7, 11) is -2.37. The highest BCUT2D eigenvalue weighted by Gasteiger charge is 2.18. The summed E-state index contributed by atoms with van der Waals surface area (Å²) >= 11 is 0. The molecule has 2 N–H and O–H groups in total. The Morgan fingerprint density at radius 3 is 2.52 bits per heavy atom. The number of anilines is 2. The van der Waals surface area contributed by atoms with Gasteiger partial charge in [0.1, 0.15) is 23.8 Å². The second-order valence-electron chi connectivity index (χ2n) is 6.30. The molecule has 2 aromatic rings. The smallest absolute Gasteiger partial charge is 0.241 e. The van der Waals surface area contributed by atoms with Gasteiger partial charge in [-0.25, -0.2) is 13.4 Å². The second kappa shape index (κ2) is 10.6. The molecular formula is C19H25N3O6S. The van der Waals surface area contributed by atoms with Gasteiger partial charge in [0.05, 0.1) is 12.7 Å². The SMILES string of the molecule is COCCOc1ncccc1NC(=O)CS(=O)(=O)Nc1ccc(OC(C)C)cc1. The highest BCUT2D eigenvalue weighted by molar-refractivity contribution is 7.93. The molecule has 9 nitrogen and oxygen atoms in total. The number of rotatable bonds is 11. The van der Waals surface area contributed by atoms with Gasteiger partial charge in [-0.1, -0.05) is 0 Å². The van der Waals surface area contributed by atoms with Crippen LogP contribution in [0.1, 0.15) is 13.8 Å². The number of amides is 1. The normalized spacial score (nSPS) is 11.2. The third kappa shape index (κ3) is 7.96. The van der Waals surface area contributed by atoms with Crippen LogP contribution in [-0.4, -0.2) is 51.5 Å². The highest BCUT2D eigenvalue weighted by atomic mass is 32.2. The number of benzene rings is 1. The quantitative estimate of drug-likeness (QED) is 0.533. The van der Waals surface area contributed by atoms with E-state index in [0.717, 1.165) is 0 Å². The molecule has 10 heteroatoms. The number of hydrogen-bond donors (Lipinski definition) is 2. The Bertz CT molecular complexity index is 900. The lowest BCUT2D eigenvalue weighted by Crippen LogP contribution is -2.27. The Kier molecular flexibility index (Phi) is 8.22. The minimum Gasteiger partial charge on any atom is -0.491 e. The number of sulfonamides is 1. The molecule has 2 rings (SSSR count). The molecule has 0 radical (unpaired) electrons. The van der Waals surface area contributed by atoms with E-state index in [1.54, 1.807) is 36.4 Å². The fraction of sp³-hybridized carbons (Fsp3) is 0.368. The fourth-order valence-electron chi connectivity index (χ4n) is 2.27. The van der Waals surface area contributed by atoms with Gasteiger partial charge >= 0.3 is 0 Å². The Balaban J connectivity index is 1.96. The van der Waals surface area contributed by atoms with Gasteiger partial charge in [0.2, 0.25) is 21.8 Å². The molecular weight excluding hydrogens is 398 g/mol. The number of carbonyl (C=O) groups is 1. The van der Waals surface area contributed by atoms with Gasteiger partial charge < -0.3 is 19.5 Å². The maximum absolute atomic E-state index is 12.3. The Morgan fingerprint density at radius 1 is 1.14 bits per heavy atom. The van der Waals surface area contributed by atoms with Crippen LogP contribution in [0.5, 0.6) is 11.6 Å². The Morgan fingerprint density at radius 2 is 1.86 bits per heavy atom. The molecule has 1 amide bonds. The van der Waals surface area contributed by atoms with Crippen LogP contribution in [0, 0.1) is 0 Å². The van der Waals surface area contributed by atoms with E-state index in [2.05, 4.69) is 15.0 Å². The van der Waals surface area contributed by atoms with E-state index in [1.807, 2.05) is 13.8 Å². The zero-order valence-corrected chi connectivity index (χ0v) is 17.4. The van der Waals surface area contributed by atoms with Crippen LogP contribution in [0.25, 0.3) is 0 Å². The first-order valence-corrected chi connectivity index (χ1v) is 10.6. The summed E-state index contributed by atoms with van der Waals surface area (Å²) in [5.41, 5.74) is 0.609. The van der Waals surface area contributed by atoms with E-state index >= 15 is 0 Å². The molecule has 0 atom stereocenters. The number of aromatic nitrogens is 1. The summed E-state index contributed by atoms with van der Waals surface area (Å²) in [5, 5.41) is 2.50. The monoisotopic (exact) mass is 423 g/mol. The highest BCUT2D eigenvalue weighted by Crippen LogP contribution is 2.21. The number of methoxy groups -OCH3 is 1. The first-order valence-electron chi connectivity index (χ1n) is 8.93. The zero-order valence-electron chi connectivity index (χ0n) is 16.5. The first-order chi connectivity index (χ1) is 13.8. The van der Waals surface area contributed by atoms with Crippen molar-refractivity contribution in [3.63, 3.8) is 0 Å². The van der Waals surface area contributed by atoms with Gasteiger partial charge in [-0.05, 0) is 50.2 Å². The van der Waals surface area contributed by atoms with E-state index < -0.39 is 21.7 Å². The molecule has 0 aliphatic rings. The predicted octanol–water partition coefficient (Wildman–Crippen LogP) is 2.27. The average molecular weight is 423 g/mol. The molecule has 0 spiro atoms. The van der Waals surface area contributed by atoms with E-state index in [0.29, 0.717) is 18.0 Å². The number of carbonyl (C=O) groups excluding carboxylic acids is 1. The van der Waals surface area contributed by atoms with Crippen molar-refractivity contribution in [1.82, 2.24) is 4.98 Å². The molecule has 0 unspecified atom stereocenters. The third-order valence-electron chi connectivity index (χ3n) is 3.39. The lowest BCUT2D eigenvalue weighted by atomic mass is 10.3. The van der Waals surface area contributed by atoms with Crippen LogP contribution >= 0.6 is 0 Å². The van der Waals surface area contributed by atoms with E-state index in [4.69, 9.17) is 14.2 Å². The molecule has 0 saturated carbocycles. The largest absolute Gasteiger partial charge is 0.491 e. The van der Waals surface area contributed by atoms with Gasteiger partial charge in [0.25, 0.3) is 0 Å². The molecule has 1 aromatic carbocycles. The maximum atomic E-state index is 12.3. The van der Waals surface area contributed by atoms with Crippen molar-refractivity contribution in [3.05, 3.63) is 42.6 Å². The van der Waals surface area contributed by atoms with E-state index in [9.17, 15) is 13.2 Å². The van der Waals surface area contributed by atoms with Crippen molar-refractivity contribution < 1.29 is 27.4 Å². The van der Waals surface area contributed by atoms with Gasteiger partial charge in [-0.2, -0.15) is 0 Å². The number of nitrogens with zero attached hydrogens (tertiary/aromatic N) is 1. The van der Waals surface area contributed by atoms with Crippen molar-refractivity contribution in [3.8, 4) is 11.6 Å². The Hall–Kier alpha value is -2.85. The molecule has 158 valence electrons. The van der Waals surface area contributed by atoms with Crippen molar-refractivity contribution in [1.29, 1.82) is 0 Å². The number of pyridine rings is 1. The lowest BCUT2D eigenvalue weighted by Gasteiger charge is -2.13. The predicted molar refractivity (Wildman–Crippen MR) is 110 cm³/mol. The van der Waals surface area contributed by atoms with Gasteiger partial charge in [-0.15, -0.1) is 0 Å². The van der Waals surface area contributed by atoms with Crippen LogP contribution in [0.3, 0.4) is 0 Å². The molecule has 1 heterocycles. The van der Waals surface area contributed by atoms with E-state index in [-0.39, 0.29) is 24.3 Å². The number of nitrogens with one attached hydrogen (secondary N) is 2. The van der Waals surface area contributed by atoms with Gasteiger partial charge in [0.15, 0.2) is 0 Å². The van der Waals surface area contributed by atoms with Crippen molar-refractivity contribution >= 4 is 27.3 Å². The molecule has 0 bridgehead atoms. The third-order valence-corrected chi connectivity index (χ3v) is 4.58. The molecule has 0 fully saturated rings. The fourth-order valence-corrected chi connectivity index (χ4v) is 3.26. The molecule has 0 aliphatic heterocycles. The lowest BCUT2D eigenvalue weighted by molar-refractivity contribution is -0.113. The molecule has 0 saturated heterocycles. The standard InChI is InChI=1S/C19H25N3O6S/c1-14(2)28-16-8-6-15(7-9-16)22-29(24,25)13-18(23)21-17-5-4-10-20-19(17)27-12-11-26-3/h4-10,14,22H,11-13H2,1-3H3,(H,21,23). The molecule has 29 heavy (non-hydrogen) atoms. The van der Waals surface area contributed by atoms with Gasteiger partial charge in [0, 0.05) is 19.0 Å². The summed E-state index contributed by atoms with van der Waals surface area (Å²) in [6.07, 6.45) is 1.51. The second-order valence-corrected chi connectivity index (χ2v) is 8.02.